The first-order chi connectivity index (χ1) is 9.97. The summed E-state index contributed by atoms with van der Waals surface area (Å²) in [5.74, 6) is -0.478. The molecule has 2 rings (SSSR count). The average molecular weight is 293 g/mol. The first-order valence-electron chi connectivity index (χ1n) is 7.22. The van der Waals surface area contributed by atoms with E-state index in [2.05, 4.69) is 0 Å². The Morgan fingerprint density at radius 2 is 2.00 bits per heavy atom. The molecular formula is C16H20FNO3. The van der Waals surface area contributed by atoms with Crippen molar-refractivity contribution in [1.82, 2.24) is 4.90 Å². The second kappa shape index (κ2) is 6.80. The van der Waals surface area contributed by atoms with Gasteiger partial charge >= 0.3 is 0 Å². The summed E-state index contributed by atoms with van der Waals surface area (Å²) in [4.78, 5) is 25.7. The van der Waals surface area contributed by atoms with Gasteiger partial charge in [-0.2, -0.15) is 0 Å². The molecule has 1 aliphatic rings. The van der Waals surface area contributed by atoms with Crippen LogP contribution in [-0.2, 0) is 4.79 Å². The van der Waals surface area contributed by atoms with Crippen molar-refractivity contribution in [3.8, 4) is 0 Å². The maximum absolute atomic E-state index is 12.8. The molecule has 5 heteroatoms. The number of ketones is 1. The first-order valence-corrected chi connectivity index (χ1v) is 7.22. The summed E-state index contributed by atoms with van der Waals surface area (Å²) < 4.78 is 12.8. The first kappa shape index (κ1) is 15.6. The smallest absolute Gasteiger partial charge is 0.223 e. The fourth-order valence-corrected chi connectivity index (χ4v) is 2.57. The van der Waals surface area contributed by atoms with Crippen LogP contribution in [0.5, 0.6) is 0 Å². The molecule has 4 nitrogen and oxygen atoms in total. The van der Waals surface area contributed by atoms with Crippen LogP contribution in [0.3, 0.4) is 0 Å². The SMILES string of the molecule is CC(O)C1CCN(C(=O)CCC(=O)c2ccc(F)cc2)C1. The van der Waals surface area contributed by atoms with E-state index < -0.39 is 6.10 Å². The number of aliphatic hydroxyl groups is 1. The highest BCUT2D eigenvalue weighted by molar-refractivity contribution is 5.97. The molecule has 1 fully saturated rings. The lowest BCUT2D eigenvalue weighted by molar-refractivity contribution is -0.130. The topological polar surface area (TPSA) is 57.6 Å². The van der Waals surface area contributed by atoms with Crippen molar-refractivity contribution in [3.63, 3.8) is 0 Å². The third-order valence-electron chi connectivity index (χ3n) is 3.99. The number of likely N-dealkylation sites (tertiary alicyclic amines) is 1. The van der Waals surface area contributed by atoms with Crippen molar-refractivity contribution < 1.29 is 19.1 Å². The van der Waals surface area contributed by atoms with Crippen molar-refractivity contribution in [3.05, 3.63) is 35.6 Å². The van der Waals surface area contributed by atoms with Gasteiger partial charge in [-0.25, -0.2) is 4.39 Å². The quantitative estimate of drug-likeness (QED) is 0.845. The molecule has 21 heavy (non-hydrogen) atoms. The molecular weight excluding hydrogens is 273 g/mol. The highest BCUT2D eigenvalue weighted by atomic mass is 19.1. The Kier molecular flexibility index (Phi) is 5.07. The fourth-order valence-electron chi connectivity index (χ4n) is 2.57. The molecule has 2 unspecified atom stereocenters. The minimum atomic E-state index is -0.413. The van der Waals surface area contributed by atoms with Crippen molar-refractivity contribution in [2.24, 2.45) is 5.92 Å². The maximum atomic E-state index is 12.8. The number of amides is 1. The fraction of sp³-hybridized carbons (Fsp3) is 0.500. The van der Waals surface area contributed by atoms with Gasteiger partial charge in [0.25, 0.3) is 0 Å². The Morgan fingerprint density at radius 3 is 2.57 bits per heavy atom. The summed E-state index contributed by atoms with van der Waals surface area (Å²) in [6, 6.07) is 5.34. The minimum absolute atomic E-state index is 0.0615. The van der Waals surface area contributed by atoms with Crippen molar-refractivity contribution in [1.29, 1.82) is 0 Å². The van der Waals surface area contributed by atoms with Gasteiger partial charge in [-0.1, -0.05) is 0 Å². The molecule has 2 atom stereocenters. The van der Waals surface area contributed by atoms with Crippen LogP contribution >= 0.6 is 0 Å². The molecule has 0 spiro atoms. The number of aliphatic hydroxyl groups excluding tert-OH is 1. The Balaban J connectivity index is 1.81. The summed E-state index contributed by atoms with van der Waals surface area (Å²) in [5, 5.41) is 9.52. The van der Waals surface area contributed by atoms with Crippen LogP contribution in [0.25, 0.3) is 0 Å². The molecule has 1 heterocycles. The molecule has 0 saturated carbocycles. The number of halogens is 1. The second-order valence-corrected chi connectivity index (χ2v) is 5.56. The van der Waals surface area contributed by atoms with Crippen LogP contribution in [0.1, 0.15) is 36.5 Å². The van der Waals surface area contributed by atoms with Crippen molar-refractivity contribution in [2.75, 3.05) is 13.1 Å². The molecule has 1 aromatic carbocycles. The van der Waals surface area contributed by atoms with Gasteiger partial charge in [0.1, 0.15) is 5.82 Å². The van der Waals surface area contributed by atoms with E-state index in [4.69, 9.17) is 0 Å². The highest BCUT2D eigenvalue weighted by Crippen LogP contribution is 2.20. The van der Waals surface area contributed by atoms with Crippen molar-refractivity contribution in [2.45, 2.75) is 32.3 Å². The predicted molar refractivity (Wildman–Crippen MR) is 76.3 cm³/mol. The van der Waals surface area contributed by atoms with E-state index in [1.165, 1.54) is 24.3 Å². The van der Waals surface area contributed by atoms with Gasteiger partial charge < -0.3 is 10.0 Å². The van der Waals surface area contributed by atoms with Gasteiger partial charge in [0.05, 0.1) is 6.10 Å². The zero-order valence-corrected chi connectivity index (χ0v) is 12.1. The van der Waals surface area contributed by atoms with Crippen LogP contribution in [0.2, 0.25) is 0 Å². The monoisotopic (exact) mass is 293 g/mol. The molecule has 0 aromatic heterocycles. The molecule has 1 saturated heterocycles. The van der Waals surface area contributed by atoms with Gasteiger partial charge in [0.2, 0.25) is 5.91 Å². The highest BCUT2D eigenvalue weighted by Gasteiger charge is 2.28. The zero-order valence-electron chi connectivity index (χ0n) is 12.1. The lowest BCUT2D eigenvalue weighted by Crippen LogP contribution is -2.30. The number of carbonyl (C=O) groups is 2. The Bertz CT molecular complexity index is 513. The maximum Gasteiger partial charge on any atom is 0.223 e. The van der Waals surface area contributed by atoms with Crippen LogP contribution in [-0.4, -0.2) is 40.9 Å². The van der Waals surface area contributed by atoms with Crippen molar-refractivity contribution >= 4 is 11.7 Å². The number of hydrogen-bond donors (Lipinski definition) is 1. The normalized spacial score (nSPS) is 19.6. The Hall–Kier alpha value is -1.75. The number of carbonyl (C=O) groups excluding carboxylic acids is 2. The van der Waals surface area contributed by atoms with E-state index in [9.17, 15) is 19.1 Å². The van der Waals surface area contributed by atoms with Gasteiger partial charge in [-0.15, -0.1) is 0 Å². The van der Waals surface area contributed by atoms with Crippen LogP contribution in [0, 0.1) is 11.7 Å². The molecule has 0 radical (unpaired) electrons. The van der Waals surface area contributed by atoms with E-state index in [0.29, 0.717) is 18.7 Å². The summed E-state index contributed by atoms with van der Waals surface area (Å²) in [5.41, 5.74) is 0.424. The number of rotatable bonds is 5. The van der Waals surface area contributed by atoms with Gasteiger partial charge in [-0.3, -0.25) is 9.59 Å². The zero-order chi connectivity index (χ0) is 15.4. The van der Waals surface area contributed by atoms with E-state index in [-0.39, 0.29) is 36.3 Å². The molecule has 114 valence electrons. The average Bonchev–Trinajstić information content (AvgIpc) is 2.95. The van der Waals surface area contributed by atoms with E-state index >= 15 is 0 Å². The van der Waals surface area contributed by atoms with Crippen LogP contribution in [0.4, 0.5) is 4.39 Å². The largest absolute Gasteiger partial charge is 0.393 e. The minimum Gasteiger partial charge on any atom is -0.393 e. The molecule has 1 aromatic rings. The molecule has 0 aliphatic carbocycles. The number of hydrogen-bond acceptors (Lipinski definition) is 3. The van der Waals surface area contributed by atoms with E-state index in [1.54, 1.807) is 11.8 Å². The van der Waals surface area contributed by atoms with Gasteiger partial charge in [-0.05, 0) is 37.6 Å². The van der Waals surface area contributed by atoms with Gasteiger partial charge in [0.15, 0.2) is 5.78 Å². The summed E-state index contributed by atoms with van der Waals surface area (Å²) in [6.07, 6.45) is 0.668. The van der Waals surface area contributed by atoms with Gasteiger partial charge in [0, 0.05) is 37.4 Å². The number of benzene rings is 1. The second-order valence-electron chi connectivity index (χ2n) is 5.56. The summed E-state index contributed by atoms with van der Waals surface area (Å²) >= 11 is 0. The number of nitrogens with zero attached hydrogens (tertiary/aromatic N) is 1. The van der Waals surface area contributed by atoms with E-state index in [1.807, 2.05) is 0 Å². The lowest BCUT2D eigenvalue weighted by atomic mass is 10.0. The third-order valence-corrected chi connectivity index (χ3v) is 3.99. The number of Topliss-reactive ketones (excluding diaryl/α,β-unsaturated/α-hetero) is 1. The predicted octanol–water partition coefficient (Wildman–Crippen LogP) is 2.02. The van der Waals surface area contributed by atoms with Crippen LogP contribution in [0.15, 0.2) is 24.3 Å². The van der Waals surface area contributed by atoms with Crippen LogP contribution < -0.4 is 0 Å². The Morgan fingerprint density at radius 1 is 1.33 bits per heavy atom. The molecule has 1 amide bonds. The summed E-state index contributed by atoms with van der Waals surface area (Å²) in [7, 11) is 0. The third kappa shape index (κ3) is 4.11. The Labute approximate surface area is 123 Å². The lowest BCUT2D eigenvalue weighted by Gasteiger charge is -2.17. The molecule has 0 bridgehead atoms. The molecule has 1 aliphatic heterocycles. The molecule has 1 N–H and O–H groups in total. The summed E-state index contributed by atoms with van der Waals surface area (Å²) in [6.45, 7) is 2.93. The van der Waals surface area contributed by atoms with E-state index in [0.717, 1.165) is 6.42 Å². The standard InChI is InChI=1S/C16H20FNO3/c1-11(19)13-8-9-18(10-13)16(21)7-6-15(20)12-2-4-14(17)5-3-12/h2-5,11,13,19H,6-10H2,1H3.